The van der Waals surface area contributed by atoms with Crippen LogP contribution in [0.3, 0.4) is 0 Å². The van der Waals surface area contributed by atoms with Gasteiger partial charge < -0.3 is 14.6 Å². The lowest BCUT2D eigenvalue weighted by Crippen LogP contribution is -2.37. The van der Waals surface area contributed by atoms with Crippen LogP contribution in [-0.4, -0.2) is 29.6 Å². The number of nitrogens with zero attached hydrogens (tertiary/aromatic N) is 1. The van der Waals surface area contributed by atoms with E-state index in [4.69, 9.17) is 19.8 Å². The van der Waals surface area contributed by atoms with Crippen LogP contribution in [0.1, 0.15) is 26.2 Å². The Labute approximate surface area is 82.2 Å². The molecule has 0 saturated carbocycles. The van der Waals surface area contributed by atoms with E-state index < -0.39 is 12.3 Å². The lowest BCUT2D eigenvalue weighted by atomic mass is 10.1. The molecule has 1 rings (SSSR count). The Morgan fingerprint density at radius 1 is 1.57 bits per heavy atom. The van der Waals surface area contributed by atoms with Gasteiger partial charge in [0.05, 0.1) is 31.1 Å². The van der Waals surface area contributed by atoms with Crippen LogP contribution in [-0.2, 0) is 14.3 Å². The van der Waals surface area contributed by atoms with E-state index in [0.29, 0.717) is 6.42 Å². The fourth-order valence-electron chi connectivity index (χ4n) is 1.54. The van der Waals surface area contributed by atoms with E-state index in [9.17, 15) is 4.79 Å². The largest absolute Gasteiger partial charge is 0.481 e. The zero-order valence-corrected chi connectivity index (χ0v) is 7.97. The van der Waals surface area contributed by atoms with E-state index in [1.165, 1.54) is 0 Å². The first-order chi connectivity index (χ1) is 6.61. The SMILES string of the molecule is CC1OC(CC#N)CC(CC(=O)O)O1. The molecule has 1 heterocycles. The highest BCUT2D eigenvalue weighted by Gasteiger charge is 2.28. The molecule has 0 amide bonds. The Kier molecular flexibility index (Phi) is 3.86. The predicted octanol–water partition coefficient (Wildman–Crippen LogP) is 0.895. The Hall–Kier alpha value is -1.12. The minimum atomic E-state index is -0.889. The van der Waals surface area contributed by atoms with Crippen molar-refractivity contribution in [2.75, 3.05) is 0 Å². The van der Waals surface area contributed by atoms with Gasteiger partial charge in [-0.25, -0.2) is 0 Å². The van der Waals surface area contributed by atoms with Gasteiger partial charge in [0.2, 0.25) is 0 Å². The van der Waals surface area contributed by atoms with Crippen molar-refractivity contribution in [3.63, 3.8) is 0 Å². The second-order valence-electron chi connectivity index (χ2n) is 3.28. The molecule has 0 aromatic heterocycles. The quantitative estimate of drug-likeness (QED) is 0.730. The summed E-state index contributed by atoms with van der Waals surface area (Å²) in [6.45, 7) is 1.71. The average Bonchev–Trinajstić information content (AvgIpc) is 2.01. The van der Waals surface area contributed by atoms with Crippen molar-refractivity contribution in [3.05, 3.63) is 0 Å². The van der Waals surface area contributed by atoms with Gasteiger partial charge >= 0.3 is 5.97 Å². The fourth-order valence-corrected chi connectivity index (χ4v) is 1.54. The molecule has 0 radical (unpaired) electrons. The van der Waals surface area contributed by atoms with E-state index in [-0.39, 0.29) is 25.0 Å². The Bertz CT molecular complexity index is 248. The maximum Gasteiger partial charge on any atom is 0.305 e. The molecular weight excluding hydrogens is 186 g/mol. The number of aliphatic carboxylic acids is 1. The zero-order chi connectivity index (χ0) is 10.6. The summed E-state index contributed by atoms with van der Waals surface area (Å²) in [6, 6.07) is 2.00. The van der Waals surface area contributed by atoms with Crippen molar-refractivity contribution in [2.45, 2.75) is 44.7 Å². The molecule has 1 saturated heterocycles. The molecule has 5 nitrogen and oxygen atoms in total. The summed E-state index contributed by atoms with van der Waals surface area (Å²) in [5.74, 6) is -0.889. The van der Waals surface area contributed by atoms with Crippen LogP contribution in [0.25, 0.3) is 0 Å². The third kappa shape index (κ3) is 3.32. The molecule has 3 atom stereocenters. The summed E-state index contributed by atoms with van der Waals surface area (Å²) in [5, 5.41) is 17.1. The number of nitriles is 1. The van der Waals surface area contributed by atoms with Crippen LogP contribution in [0.15, 0.2) is 0 Å². The standard InChI is InChI=1S/C9H13NO4/c1-6-13-7(2-3-10)4-8(14-6)5-9(11)12/h6-8H,2,4-5H2,1H3,(H,11,12). The smallest absolute Gasteiger partial charge is 0.305 e. The normalized spacial score (nSPS) is 32.1. The molecule has 0 aromatic rings. The van der Waals surface area contributed by atoms with Crippen LogP contribution >= 0.6 is 0 Å². The first-order valence-electron chi connectivity index (χ1n) is 4.51. The van der Waals surface area contributed by atoms with Crippen molar-refractivity contribution in [3.8, 4) is 6.07 Å². The van der Waals surface area contributed by atoms with Crippen molar-refractivity contribution in [1.29, 1.82) is 5.26 Å². The van der Waals surface area contributed by atoms with Crippen molar-refractivity contribution in [1.82, 2.24) is 0 Å². The molecule has 1 aliphatic rings. The van der Waals surface area contributed by atoms with Crippen LogP contribution < -0.4 is 0 Å². The van der Waals surface area contributed by atoms with Gasteiger partial charge in [0.1, 0.15) is 0 Å². The fraction of sp³-hybridized carbons (Fsp3) is 0.778. The summed E-state index contributed by atoms with van der Waals surface area (Å²) in [5.41, 5.74) is 0. The molecule has 3 unspecified atom stereocenters. The number of hydrogen-bond acceptors (Lipinski definition) is 4. The summed E-state index contributed by atoms with van der Waals surface area (Å²) in [6.07, 6.45) is -0.238. The predicted molar refractivity (Wildman–Crippen MR) is 46.3 cm³/mol. The van der Waals surface area contributed by atoms with E-state index in [0.717, 1.165) is 0 Å². The lowest BCUT2D eigenvalue weighted by molar-refractivity contribution is -0.233. The summed E-state index contributed by atoms with van der Waals surface area (Å²) in [4.78, 5) is 10.5. The number of carbonyl (C=O) groups is 1. The first-order valence-corrected chi connectivity index (χ1v) is 4.51. The number of hydrogen-bond donors (Lipinski definition) is 1. The van der Waals surface area contributed by atoms with Crippen molar-refractivity contribution >= 4 is 5.97 Å². The van der Waals surface area contributed by atoms with Crippen LogP contribution in [0.5, 0.6) is 0 Å². The van der Waals surface area contributed by atoms with Crippen LogP contribution in [0.2, 0.25) is 0 Å². The summed E-state index contributed by atoms with van der Waals surface area (Å²) < 4.78 is 10.6. The third-order valence-corrected chi connectivity index (χ3v) is 2.02. The second kappa shape index (κ2) is 4.94. The molecule has 78 valence electrons. The summed E-state index contributed by atoms with van der Waals surface area (Å²) in [7, 11) is 0. The minimum Gasteiger partial charge on any atom is -0.481 e. The highest BCUT2D eigenvalue weighted by atomic mass is 16.7. The highest BCUT2D eigenvalue weighted by Crippen LogP contribution is 2.22. The van der Waals surface area contributed by atoms with Gasteiger partial charge in [0, 0.05) is 6.42 Å². The van der Waals surface area contributed by atoms with Crippen molar-refractivity contribution in [2.24, 2.45) is 0 Å². The molecule has 1 aliphatic heterocycles. The number of carboxylic acid groups (broad SMARTS) is 1. The van der Waals surface area contributed by atoms with Gasteiger partial charge in [-0.1, -0.05) is 0 Å². The van der Waals surface area contributed by atoms with E-state index in [2.05, 4.69) is 0 Å². The number of carboxylic acids is 1. The van der Waals surface area contributed by atoms with Gasteiger partial charge in [-0.15, -0.1) is 0 Å². The van der Waals surface area contributed by atoms with Crippen LogP contribution in [0, 0.1) is 11.3 Å². The molecule has 14 heavy (non-hydrogen) atoms. The molecule has 0 bridgehead atoms. The van der Waals surface area contributed by atoms with Gasteiger partial charge in [0.15, 0.2) is 6.29 Å². The van der Waals surface area contributed by atoms with Crippen LogP contribution in [0.4, 0.5) is 0 Å². The maximum atomic E-state index is 10.5. The molecule has 0 aromatic carbocycles. The Morgan fingerprint density at radius 3 is 2.79 bits per heavy atom. The Morgan fingerprint density at radius 2 is 2.21 bits per heavy atom. The Balaban J connectivity index is 2.46. The number of ether oxygens (including phenoxy) is 2. The molecule has 5 heteroatoms. The topological polar surface area (TPSA) is 79.5 Å². The van der Waals surface area contributed by atoms with Gasteiger partial charge in [-0.2, -0.15) is 5.26 Å². The van der Waals surface area contributed by atoms with Gasteiger partial charge in [0.25, 0.3) is 0 Å². The van der Waals surface area contributed by atoms with Gasteiger partial charge in [-0.05, 0) is 6.92 Å². The first kappa shape index (κ1) is 11.0. The summed E-state index contributed by atoms with van der Waals surface area (Å²) >= 11 is 0. The maximum absolute atomic E-state index is 10.5. The van der Waals surface area contributed by atoms with E-state index in [1.807, 2.05) is 6.07 Å². The van der Waals surface area contributed by atoms with E-state index >= 15 is 0 Å². The zero-order valence-electron chi connectivity index (χ0n) is 7.97. The highest BCUT2D eigenvalue weighted by molar-refractivity contribution is 5.67. The minimum absolute atomic E-state index is 0.0321. The monoisotopic (exact) mass is 199 g/mol. The lowest BCUT2D eigenvalue weighted by Gasteiger charge is -2.32. The molecule has 1 fully saturated rings. The number of rotatable bonds is 3. The molecular formula is C9H13NO4. The second-order valence-corrected chi connectivity index (χ2v) is 3.28. The molecule has 0 aliphatic carbocycles. The van der Waals surface area contributed by atoms with Gasteiger partial charge in [-0.3, -0.25) is 4.79 Å². The van der Waals surface area contributed by atoms with E-state index in [1.54, 1.807) is 6.92 Å². The van der Waals surface area contributed by atoms with Crippen molar-refractivity contribution < 1.29 is 19.4 Å². The molecule has 1 N–H and O–H groups in total. The average molecular weight is 199 g/mol. The molecule has 0 spiro atoms. The third-order valence-electron chi connectivity index (χ3n) is 2.02.